The molecule has 2 amide bonds. The van der Waals surface area contributed by atoms with Crippen molar-refractivity contribution in [3.8, 4) is 0 Å². The third-order valence-corrected chi connectivity index (χ3v) is 3.59. The quantitative estimate of drug-likeness (QED) is 0.653. The summed E-state index contributed by atoms with van der Waals surface area (Å²) in [5.74, 6) is -1.12. The van der Waals surface area contributed by atoms with E-state index >= 15 is 0 Å². The third-order valence-electron chi connectivity index (χ3n) is 2.56. The molecule has 5 nitrogen and oxygen atoms in total. The summed E-state index contributed by atoms with van der Waals surface area (Å²) in [6, 6.07) is 11.1. The summed E-state index contributed by atoms with van der Waals surface area (Å²) in [5, 5.41) is 14.2. The molecule has 2 aromatic carbocycles. The Morgan fingerprint density at radius 1 is 1.00 bits per heavy atom. The number of anilines is 2. The molecule has 0 aromatic heterocycles. The number of aromatic carboxylic acids is 1. The first-order valence-electron chi connectivity index (χ1n) is 5.82. The molecular weight excluding hydrogens is 407 g/mol. The van der Waals surface area contributed by atoms with Gasteiger partial charge in [-0.15, -0.1) is 0 Å². The largest absolute Gasteiger partial charge is 0.478 e. The van der Waals surface area contributed by atoms with E-state index in [1.54, 1.807) is 12.1 Å². The number of carbonyl (C=O) groups excluding carboxylic acids is 1. The molecule has 0 radical (unpaired) electrons. The molecule has 0 unspecified atom stereocenters. The molecule has 0 aliphatic rings. The van der Waals surface area contributed by atoms with Gasteiger partial charge in [0.1, 0.15) is 0 Å². The van der Waals surface area contributed by atoms with Gasteiger partial charge in [-0.3, -0.25) is 0 Å². The van der Waals surface area contributed by atoms with Crippen molar-refractivity contribution in [2.45, 2.75) is 0 Å². The molecule has 2 aromatic rings. The number of hydrogen-bond donors (Lipinski definition) is 3. The average Bonchev–Trinajstić information content (AvgIpc) is 2.41. The molecule has 3 N–H and O–H groups in total. The second kappa shape index (κ2) is 6.77. The van der Waals surface area contributed by atoms with Crippen LogP contribution in [0.3, 0.4) is 0 Å². The fourth-order valence-corrected chi connectivity index (χ4v) is 2.21. The number of rotatable bonds is 3. The number of amides is 2. The lowest BCUT2D eigenvalue weighted by Gasteiger charge is -2.09. The Morgan fingerprint density at radius 2 is 1.57 bits per heavy atom. The molecule has 108 valence electrons. The minimum absolute atomic E-state index is 0.0136. The number of carbonyl (C=O) groups is 2. The van der Waals surface area contributed by atoms with Gasteiger partial charge in [-0.25, -0.2) is 9.59 Å². The predicted octanol–water partition coefficient (Wildman–Crippen LogP) is 4.29. The highest BCUT2D eigenvalue weighted by Gasteiger charge is 2.10. The zero-order valence-electron chi connectivity index (χ0n) is 10.6. The maximum atomic E-state index is 11.8. The van der Waals surface area contributed by atoms with E-state index in [-0.39, 0.29) is 10.6 Å². The Balaban J connectivity index is 2.04. The smallest absolute Gasteiger partial charge is 0.337 e. The lowest BCUT2D eigenvalue weighted by molar-refractivity contribution is 0.0697. The molecule has 0 fully saturated rings. The second-order valence-corrected chi connectivity index (χ2v) is 5.74. The van der Waals surface area contributed by atoms with Crippen molar-refractivity contribution in [1.82, 2.24) is 0 Å². The van der Waals surface area contributed by atoms with Gasteiger partial charge < -0.3 is 15.7 Å². The lowest BCUT2D eigenvalue weighted by Crippen LogP contribution is -2.19. The number of carboxylic acids is 1. The van der Waals surface area contributed by atoms with Crippen LogP contribution in [0.5, 0.6) is 0 Å². The summed E-state index contributed by atoms with van der Waals surface area (Å²) in [5.41, 5.74) is 1.05. The molecule has 0 saturated heterocycles. The maximum absolute atomic E-state index is 11.8. The van der Waals surface area contributed by atoms with Gasteiger partial charge in [-0.05, 0) is 65.1 Å². The lowest BCUT2D eigenvalue weighted by atomic mass is 10.2. The highest BCUT2D eigenvalue weighted by Crippen LogP contribution is 2.21. The van der Waals surface area contributed by atoms with Crippen molar-refractivity contribution in [3.63, 3.8) is 0 Å². The topological polar surface area (TPSA) is 78.4 Å². The number of halogens is 2. The van der Waals surface area contributed by atoms with E-state index in [2.05, 4.69) is 33.2 Å². The second-order valence-electron chi connectivity index (χ2n) is 4.09. The SMILES string of the molecule is O=C(Nc1ccc(I)cc1)Nc1ccc(C(=O)O)c(Cl)c1. The Bertz CT molecular complexity index is 689. The Labute approximate surface area is 139 Å². The molecule has 0 saturated carbocycles. The highest BCUT2D eigenvalue weighted by molar-refractivity contribution is 14.1. The first kappa shape index (κ1) is 15.6. The molecule has 0 atom stereocenters. The van der Waals surface area contributed by atoms with Gasteiger partial charge in [-0.1, -0.05) is 11.6 Å². The van der Waals surface area contributed by atoms with Gasteiger partial charge >= 0.3 is 12.0 Å². The zero-order valence-corrected chi connectivity index (χ0v) is 13.5. The molecule has 2 rings (SSSR count). The van der Waals surface area contributed by atoms with Crippen LogP contribution in [0.15, 0.2) is 42.5 Å². The summed E-state index contributed by atoms with van der Waals surface area (Å²) in [6.45, 7) is 0. The first-order chi connectivity index (χ1) is 9.95. The average molecular weight is 417 g/mol. The number of hydrogen-bond acceptors (Lipinski definition) is 2. The van der Waals surface area contributed by atoms with Crippen molar-refractivity contribution in [1.29, 1.82) is 0 Å². The minimum atomic E-state index is -1.12. The van der Waals surface area contributed by atoms with Gasteiger partial charge in [0.2, 0.25) is 0 Å². The van der Waals surface area contributed by atoms with Crippen LogP contribution >= 0.6 is 34.2 Å². The van der Waals surface area contributed by atoms with Crippen molar-refractivity contribution in [3.05, 3.63) is 56.6 Å². The summed E-state index contributed by atoms with van der Waals surface area (Å²) in [6.07, 6.45) is 0. The Kier molecular flexibility index (Phi) is 5.03. The summed E-state index contributed by atoms with van der Waals surface area (Å²) < 4.78 is 1.06. The fraction of sp³-hybridized carbons (Fsp3) is 0. The van der Waals surface area contributed by atoms with E-state index in [0.29, 0.717) is 11.4 Å². The Hall–Kier alpha value is -1.80. The number of urea groups is 1. The Morgan fingerprint density at radius 3 is 2.14 bits per heavy atom. The van der Waals surface area contributed by atoms with Crippen LogP contribution in [0, 0.1) is 3.57 Å². The van der Waals surface area contributed by atoms with E-state index in [4.69, 9.17) is 16.7 Å². The van der Waals surface area contributed by atoms with Crippen LogP contribution in [-0.4, -0.2) is 17.1 Å². The molecule has 0 aliphatic heterocycles. The van der Waals surface area contributed by atoms with E-state index < -0.39 is 12.0 Å². The minimum Gasteiger partial charge on any atom is -0.478 e. The van der Waals surface area contributed by atoms with E-state index in [0.717, 1.165) is 3.57 Å². The summed E-state index contributed by atoms with van der Waals surface area (Å²) >= 11 is 8.00. The van der Waals surface area contributed by atoms with Crippen LogP contribution in [-0.2, 0) is 0 Å². The van der Waals surface area contributed by atoms with Gasteiger partial charge in [0.25, 0.3) is 0 Å². The van der Waals surface area contributed by atoms with Crippen LogP contribution < -0.4 is 10.6 Å². The van der Waals surface area contributed by atoms with E-state index in [1.165, 1.54) is 18.2 Å². The number of carboxylic acid groups (broad SMARTS) is 1. The maximum Gasteiger partial charge on any atom is 0.337 e. The van der Waals surface area contributed by atoms with Crippen LogP contribution in [0.1, 0.15) is 10.4 Å². The van der Waals surface area contributed by atoms with Gasteiger partial charge in [0.15, 0.2) is 0 Å². The highest BCUT2D eigenvalue weighted by atomic mass is 127. The zero-order chi connectivity index (χ0) is 15.4. The summed E-state index contributed by atoms with van der Waals surface area (Å²) in [4.78, 5) is 22.7. The molecule has 0 heterocycles. The number of benzene rings is 2. The van der Waals surface area contributed by atoms with Crippen molar-refractivity contribution < 1.29 is 14.7 Å². The molecule has 21 heavy (non-hydrogen) atoms. The normalized spacial score (nSPS) is 10.0. The predicted molar refractivity (Wildman–Crippen MR) is 90.2 cm³/mol. The molecular formula is C14H10ClIN2O3. The van der Waals surface area contributed by atoms with E-state index in [1.807, 2.05) is 12.1 Å². The standard InChI is InChI=1S/C14H10ClIN2O3/c15-12-7-10(5-6-11(12)13(19)20)18-14(21)17-9-3-1-8(16)2-4-9/h1-7H,(H,19,20)(H2,17,18,21). The molecule has 7 heteroatoms. The monoisotopic (exact) mass is 416 g/mol. The van der Waals surface area contributed by atoms with E-state index in [9.17, 15) is 9.59 Å². The molecule has 0 spiro atoms. The molecule has 0 aliphatic carbocycles. The van der Waals surface area contributed by atoms with Crippen molar-refractivity contribution >= 4 is 57.6 Å². The molecule has 0 bridgehead atoms. The van der Waals surface area contributed by atoms with Crippen molar-refractivity contribution in [2.75, 3.05) is 10.6 Å². The van der Waals surface area contributed by atoms with Gasteiger partial charge in [-0.2, -0.15) is 0 Å². The number of nitrogens with one attached hydrogen (secondary N) is 2. The third kappa shape index (κ3) is 4.33. The van der Waals surface area contributed by atoms with Crippen LogP contribution in [0.2, 0.25) is 5.02 Å². The first-order valence-corrected chi connectivity index (χ1v) is 7.28. The summed E-state index contributed by atoms with van der Waals surface area (Å²) in [7, 11) is 0. The van der Waals surface area contributed by atoms with Gasteiger partial charge in [0, 0.05) is 14.9 Å². The fourth-order valence-electron chi connectivity index (χ4n) is 1.59. The van der Waals surface area contributed by atoms with Crippen molar-refractivity contribution in [2.24, 2.45) is 0 Å². The van der Waals surface area contributed by atoms with Crippen LogP contribution in [0.4, 0.5) is 16.2 Å². The van der Waals surface area contributed by atoms with Crippen LogP contribution in [0.25, 0.3) is 0 Å². The van der Waals surface area contributed by atoms with Gasteiger partial charge in [0.05, 0.1) is 10.6 Å².